The van der Waals surface area contributed by atoms with Crippen LogP contribution in [0.5, 0.6) is 0 Å². The predicted molar refractivity (Wildman–Crippen MR) is 99.2 cm³/mol. The average molecular weight is 336 g/mol. The molecule has 0 radical (unpaired) electrons. The number of anilines is 1. The number of hydrogen-bond acceptors (Lipinski definition) is 2. The van der Waals surface area contributed by atoms with Crippen LogP contribution in [0.3, 0.4) is 0 Å². The molecule has 2 aromatic rings. The third-order valence-corrected chi connectivity index (χ3v) is 4.67. The van der Waals surface area contributed by atoms with Gasteiger partial charge in [0, 0.05) is 18.7 Å². The number of rotatable bonds is 5. The molecule has 4 heteroatoms. The average Bonchev–Trinajstić information content (AvgIpc) is 2.81. The zero-order valence-corrected chi connectivity index (χ0v) is 14.6. The normalized spacial score (nSPS) is 15.2. The Morgan fingerprint density at radius 2 is 1.80 bits per heavy atom. The highest BCUT2D eigenvalue weighted by molar-refractivity contribution is 6.01. The lowest BCUT2D eigenvalue weighted by Gasteiger charge is -2.30. The molecule has 0 fully saturated rings. The Balaban J connectivity index is 1.81. The molecule has 0 aromatic heterocycles. The maximum absolute atomic E-state index is 12.8. The minimum Gasteiger partial charge on any atom is -0.350 e. The highest BCUT2D eigenvalue weighted by Gasteiger charge is 2.32. The van der Waals surface area contributed by atoms with Gasteiger partial charge < -0.3 is 5.32 Å². The number of carbonyl (C=O) groups excluding carboxylic acids is 2. The number of benzene rings is 2. The van der Waals surface area contributed by atoms with Gasteiger partial charge in [0.25, 0.3) is 0 Å². The molecule has 2 aromatic carbocycles. The molecule has 1 heterocycles. The number of carbonyl (C=O) groups is 2. The molecule has 25 heavy (non-hydrogen) atoms. The van der Waals surface area contributed by atoms with E-state index in [2.05, 4.69) is 11.4 Å². The molecule has 1 aliphatic rings. The second-order valence-corrected chi connectivity index (χ2v) is 6.37. The zero-order chi connectivity index (χ0) is 17.6. The lowest BCUT2D eigenvalue weighted by atomic mass is 10.1. The van der Waals surface area contributed by atoms with Crippen molar-refractivity contribution in [3.05, 3.63) is 65.7 Å². The fourth-order valence-electron chi connectivity index (χ4n) is 3.37. The van der Waals surface area contributed by atoms with Gasteiger partial charge in [-0.2, -0.15) is 0 Å². The largest absolute Gasteiger partial charge is 0.350 e. The molecular formula is C21H24N2O2. The Bertz CT molecular complexity index is 743. The molecule has 1 aliphatic heterocycles. The van der Waals surface area contributed by atoms with Crippen LogP contribution < -0.4 is 10.2 Å². The smallest absolute Gasteiger partial charge is 0.243 e. The second kappa shape index (κ2) is 7.97. The van der Waals surface area contributed by atoms with E-state index in [0.717, 1.165) is 29.7 Å². The summed E-state index contributed by atoms with van der Waals surface area (Å²) in [7, 11) is 0. The monoisotopic (exact) mass is 336 g/mol. The maximum atomic E-state index is 12.8. The molecule has 0 aliphatic carbocycles. The van der Waals surface area contributed by atoms with Gasteiger partial charge in [-0.15, -0.1) is 0 Å². The second-order valence-electron chi connectivity index (χ2n) is 6.37. The van der Waals surface area contributed by atoms with E-state index in [1.165, 1.54) is 0 Å². The Kier molecular flexibility index (Phi) is 5.49. The van der Waals surface area contributed by atoms with Gasteiger partial charge in [-0.25, -0.2) is 0 Å². The summed E-state index contributed by atoms with van der Waals surface area (Å²) in [6.45, 7) is 2.42. The maximum Gasteiger partial charge on any atom is 0.243 e. The molecule has 0 saturated heterocycles. The van der Waals surface area contributed by atoms with Crippen LogP contribution in [0.1, 0.15) is 37.3 Å². The number of nitrogens with one attached hydrogen (secondary N) is 1. The van der Waals surface area contributed by atoms with Gasteiger partial charge in [-0.05, 0) is 36.5 Å². The third kappa shape index (κ3) is 3.90. The minimum atomic E-state index is -0.476. The highest BCUT2D eigenvalue weighted by atomic mass is 16.2. The van der Waals surface area contributed by atoms with Crippen LogP contribution in [0.15, 0.2) is 54.6 Å². The van der Waals surface area contributed by atoms with Gasteiger partial charge in [0.2, 0.25) is 11.8 Å². The standard InChI is InChI=1S/C21H24N2O2/c1-2-18(21(25)22-15-16-9-4-3-5-10-16)23-19-13-7-6-11-17(19)12-8-14-20(23)24/h3-7,9-11,13,18H,2,8,12,14-15H2,1H3,(H,22,25). The summed E-state index contributed by atoms with van der Waals surface area (Å²) in [6.07, 6.45) is 2.77. The van der Waals surface area contributed by atoms with Crippen molar-refractivity contribution in [2.75, 3.05) is 4.90 Å². The van der Waals surface area contributed by atoms with Gasteiger partial charge >= 0.3 is 0 Å². The first-order valence-corrected chi connectivity index (χ1v) is 8.92. The zero-order valence-electron chi connectivity index (χ0n) is 14.6. The predicted octanol–water partition coefficient (Wildman–Crippen LogP) is 3.45. The summed E-state index contributed by atoms with van der Waals surface area (Å²) in [5, 5.41) is 2.99. The van der Waals surface area contributed by atoms with Crippen LogP contribution in [0.2, 0.25) is 0 Å². The molecule has 3 rings (SSSR count). The summed E-state index contributed by atoms with van der Waals surface area (Å²) in [6, 6.07) is 17.3. The number of amides is 2. The summed E-state index contributed by atoms with van der Waals surface area (Å²) < 4.78 is 0. The highest BCUT2D eigenvalue weighted by Crippen LogP contribution is 2.29. The van der Waals surface area contributed by atoms with E-state index >= 15 is 0 Å². The van der Waals surface area contributed by atoms with Crippen molar-refractivity contribution in [1.82, 2.24) is 5.32 Å². The SMILES string of the molecule is CCC(C(=O)NCc1ccccc1)N1C(=O)CCCc2ccccc21. The van der Waals surface area contributed by atoms with Crippen LogP contribution >= 0.6 is 0 Å². The number of fused-ring (bicyclic) bond motifs is 1. The van der Waals surface area contributed by atoms with Crippen LogP contribution in [-0.2, 0) is 22.6 Å². The van der Waals surface area contributed by atoms with Crippen LogP contribution in [-0.4, -0.2) is 17.9 Å². The van der Waals surface area contributed by atoms with Gasteiger partial charge in [0.15, 0.2) is 0 Å². The van der Waals surface area contributed by atoms with E-state index in [-0.39, 0.29) is 11.8 Å². The summed E-state index contributed by atoms with van der Waals surface area (Å²) in [4.78, 5) is 27.2. The van der Waals surface area contributed by atoms with E-state index in [1.54, 1.807) is 4.90 Å². The van der Waals surface area contributed by atoms with Gasteiger partial charge in [0.1, 0.15) is 6.04 Å². The molecule has 1 unspecified atom stereocenters. The Morgan fingerprint density at radius 3 is 2.56 bits per heavy atom. The fourth-order valence-corrected chi connectivity index (χ4v) is 3.37. The van der Waals surface area contributed by atoms with E-state index in [4.69, 9.17) is 0 Å². The fraction of sp³-hybridized carbons (Fsp3) is 0.333. The summed E-state index contributed by atoms with van der Waals surface area (Å²) in [5.74, 6) is -0.0666. The van der Waals surface area contributed by atoms with Crippen molar-refractivity contribution in [3.8, 4) is 0 Å². The first-order valence-electron chi connectivity index (χ1n) is 8.92. The number of hydrogen-bond donors (Lipinski definition) is 1. The van der Waals surface area contributed by atoms with E-state index in [1.807, 2.05) is 55.5 Å². The van der Waals surface area contributed by atoms with Crippen LogP contribution in [0.25, 0.3) is 0 Å². The lowest BCUT2D eigenvalue weighted by Crippen LogP contribution is -2.49. The van der Waals surface area contributed by atoms with E-state index in [0.29, 0.717) is 19.4 Å². The molecule has 0 spiro atoms. The van der Waals surface area contributed by atoms with Crippen molar-refractivity contribution in [2.45, 2.75) is 45.2 Å². The first kappa shape index (κ1) is 17.2. The number of para-hydroxylation sites is 1. The molecule has 1 atom stereocenters. The summed E-state index contributed by atoms with van der Waals surface area (Å²) >= 11 is 0. The molecule has 130 valence electrons. The van der Waals surface area contributed by atoms with Gasteiger partial charge in [0.05, 0.1) is 0 Å². The third-order valence-electron chi connectivity index (χ3n) is 4.67. The van der Waals surface area contributed by atoms with Gasteiger partial charge in [-0.1, -0.05) is 55.5 Å². The molecule has 4 nitrogen and oxygen atoms in total. The molecule has 0 saturated carbocycles. The molecule has 0 bridgehead atoms. The molecule has 1 N–H and O–H groups in total. The topological polar surface area (TPSA) is 49.4 Å². The van der Waals surface area contributed by atoms with Gasteiger partial charge in [-0.3, -0.25) is 14.5 Å². The lowest BCUT2D eigenvalue weighted by molar-refractivity contribution is -0.126. The Morgan fingerprint density at radius 1 is 1.08 bits per heavy atom. The molecule has 2 amide bonds. The number of aryl methyl sites for hydroxylation is 1. The van der Waals surface area contributed by atoms with Crippen molar-refractivity contribution in [1.29, 1.82) is 0 Å². The van der Waals surface area contributed by atoms with Crippen LogP contribution in [0.4, 0.5) is 5.69 Å². The van der Waals surface area contributed by atoms with E-state index in [9.17, 15) is 9.59 Å². The Hall–Kier alpha value is -2.62. The van der Waals surface area contributed by atoms with Crippen molar-refractivity contribution in [2.24, 2.45) is 0 Å². The van der Waals surface area contributed by atoms with E-state index < -0.39 is 6.04 Å². The van der Waals surface area contributed by atoms with Crippen molar-refractivity contribution < 1.29 is 9.59 Å². The summed E-state index contributed by atoms with van der Waals surface area (Å²) in [5.41, 5.74) is 3.07. The number of nitrogens with zero attached hydrogens (tertiary/aromatic N) is 1. The first-order chi connectivity index (χ1) is 12.2. The minimum absolute atomic E-state index is 0.0339. The van der Waals surface area contributed by atoms with Crippen molar-refractivity contribution >= 4 is 17.5 Å². The molecular weight excluding hydrogens is 312 g/mol. The van der Waals surface area contributed by atoms with Crippen molar-refractivity contribution in [3.63, 3.8) is 0 Å². The quantitative estimate of drug-likeness (QED) is 0.909. The van der Waals surface area contributed by atoms with Crippen LogP contribution in [0, 0.1) is 0 Å². The Labute approximate surface area is 148 Å².